The van der Waals surface area contributed by atoms with Gasteiger partial charge in [-0.15, -0.1) is 68.0 Å². The molecule has 15 heteroatoms. The molecule has 9 nitrogen and oxygen atoms in total. The molecule has 0 amide bonds. The predicted octanol–water partition coefficient (Wildman–Crippen LogP) is 33.4. The van der Waals surface area contributed by atoms with Crippen molar-refractivity contribution in [1.82, 2.24) is 43.6 Å². The highest BCUT2D eigenvalue weighted by atomic mass is 32.1. The Morgan fingerprint density at radius 3 is 0.853 bits per heavy atom. The van der Waals surface area contributed by atoms with E-state index in [0.717, 1.165) is 47.7 Å². The molecule has 0 saturated heterocycles. The first kappa shape index (κ1) is 72.9. The molecule has 12 aromatic heterocycles. The van der Waals surface area contributed by atoms with E-state index in [1.807, 2.05) is 63.9 Å². The molecular weight excluding hydrogens is 1690 g/mol. The highest BCUT2D eigenvalue weighted by Gasteiger charge is 2.30. The molecule has 0 aliphatic carbocycles. The van der Waals surface area contributed by atoms with Crippen LogP contribution in [0.1, 0.15) is 0 Å². The van der Waals surface area contributed by atoms with Gasteiger partial charge in [0.2, 0.25) is 0 Å². The van der Waals surface area contributed by atoms with Crippen LogP contribution in [0, 0.1) is 0 Å². The number of thiophene rings is 6. The van der Waals surface area contributed by atoms with Crippen molar-refractivity contribution in [2.45, 2.75) is 0 Å². The smallest absolute Gasteiger partial charge is 0.116 e. The SMILES string of the molecule is c1ccc(-c2cc(-c3ccccc3)cc(-n3c4ccccc4c4c5c6ccccc6sc5c5c6ncncc6sc5c43)c2)cc1.c1ccc(-c2ccc(-n3c4ccccc4c4c5c6ccccc6sc5c5c6ncncc6sc5c43)cc2)cc1.c1ccc2c(c1)sc1c3c4ncncc4sc3c3c(c4ccccc4n3-c3ccc4c5ccccc5c5ccccc5c4c3)c21. The zero-order valence-electron chi connectivity index (χ0n) is 68.3. The molecule has 0 fully saturated rings. The van der Waals surface area contributed by atoms with Crippen molar-refractivity contribution in [2.24, 2.45) is 0 Å². The Morgan fingerprint density at radius 1 is 0.178 bits per heavy atom. The van der Waals surface area contributed by atoms with Crippen LogP contribution in [0.4, 0.5) is 0 Å². The number of rotatable bonds is 6. The van der Waals surface area contributed by atoms with Gasteiger partial charge in [0, 0.05) is 145 Å². The Morgan fingerprint density at radius 2 is 0.465 bits per heavy atom. The number of aromatic nitrogens is 9. The van der Waals surface area contributed by atoms with Crippen LogP contribution in [0.25, 0.3) is 270 Å². The molecular formula is C114H63N9S6. The zero-order chi connectivity index (χ0) is 84.2. The van der Waals surface area contributed by atoms with Gasteiger partial charge in [-0.2, -0.15) is 0 Å². The molecule has 12 heterocycles. The lowest BCUT2D eigenvalue weighted by Crippen LogP contribution is -1.96. The van der Waals surface area contributed by atoms with Gasteiger partial charge in [-0.25, -0.2) is 29.9 Å². The van der Waals surface area contributed by atoms with E-state index in [-0.39, 0.29) is 0 Å². The summed E-state index contributed by atoms with van der Waals surface area (Å²) >= 11 is 11.0. The lowest BCUT2D eigenvalue weighted by molar-refractivity contribution is 1.19. The van der Waals surface area contributed by atoms with Crippen LogP contribution in [-0.2, 0) is 0 Å². The van der Waals surface area contributed by atoms with Crippen LogP contribution in [0.5, 0.6) is 0 Å². The third kappa shape index (κ3) is 10.9. The fourth-order valence-electron chi connectivity index (χ4n) is 20.8. The van der Waals surface area contributed by atoms with Crippen LogP contribution in [-0.4, -0.2) is 43.6 Å². The number of hydrogen-bond acceptors (Lipinski definition) is 12. The van der Waals surface area contributed by atoms with Gasteiger partial charge in [0.15, 0.2) is 0 Å². The van der Waals surface area contributed by atoms with E-state index in [1.165, 1.54) is 222 Å². The molecule has 129 heavy (non-hydrogen) atoms. The molecule has 0 aliphatic rings. The summed E-state index contributed by atoms with van der Waals surface area (Å²) in [6.07, 6.45) is 10.9. The van der Waals surface area contributed by atoms with Crippen molar-refractivity contribution in [3.05, 3.63) is 383 Å². The van der Waals surface area contributed by atoms with Crippen LogP contribution >= 0.6 is 68.0 Å². The van der Waals surface area contributed by atoms with Crippen LogP contribution < -0.4 is 0 Å². The summed E-state index contributed by atoms with van der Waals surface area (Å²) in [6, 6.07) is 126. The molecule has 30 rings (SSSR count). The van der Waals surface area contributed by atoms with E-state index in [2.05, 4.69) is 374 Å². The summed E-state index contributed by atoms with van der Waals surface area (Å²) in [5.74, 6) is 0. The number of benzene rings is 18. The van der Waals surface area contributed by atoms with Crippen molar-refractivity contribution < 1.29 is 0 Å². The summed E-state index contributed by atoms with van der Waals surface area (Å²) < 4.78 is 22.4. The minimum atomic E-state index is 1.03. The lowest BCUT2D eigenvalue weighted by atomic mass is 9.94. The van der Waals surface area contributed by atoms with E-state index in [4.69, 9.17) is 15.0 Å². The van der Waals surface area contributed by atoms with Gasteiger partial charge < -0.3 is 13.7 Å². The highest BCUT2D eigenvalue weighted by Crippen LogP contribution is 2.57. The number of nitrogens with zero attached hydrogens (tertiary/aromatic N) is 9. The van der Waals surface area contributed by atoms with Gasteiger partial charge in [-0.3, -0.25) is 0 Å². The van der Waals surface area contributed by atoms with Gasteiger partial charge in [0.05, 0.1) is 77.8 Å². The number of para-hydroxylation sites is 3. The third-order valence-electron chi connectivity index (χ3n) is 26.2. The first-order valence-electron chi connectivity index (χ1n) is 43.0. The molecule has 0 unspecified atom stereocenters. The van der Waals surface area contributed by atoms with E-state index in [9.17, 15) is 0 Å². The standard InChI is InChI=1S/C40H21N3S2.C40H23N3S2.C34H19N3S2/c1-2-11-25-23(9-1)24-10-3-4-12-26(24)30-19-22(17-18-27(25)30)43-31-15-7-5-13-28(31)34-35-29-14-6-8-16-32(29)44-39(35)36-37-33(20-41-21-42-37)45-40(36)38(34)43;1-3-11-24(12-4-1)26-19-27(25-13-5-2-6-14-25)21-28(20-26)43-31-17-9-7-15-29(31)34-35-30-16-8-10-18-32(30)44-39(35)36-37-33(22-41-23-42-37)45-40(36)38(34)43;1-2-8-20(9-3-1)21-14-16-22(17-15-21)37-25-12-6-4-10-23(25)28-29-24-11-5-7-13-26(24)38-33(29)30-31-27(18-35-19-36-31)39-34(30)32(28)37/h1-21H;1-23H;1-19H. The van der Waals surface area contributed by atoms with Crippen molar-refractivity contribution in [2.75, 3.05) is 0 Å². The fourth-order valence-corrected chi connectivity index (χ4v) is 28.3. The molecule has 0 radical (unpaired) electrons. The largest absolute Gasteiger partial charge is 0.308 e. The molecule has 30 aromatic rings. The van der Waals surface area contributed by atoms with Gasteiger partial charge in [-0.1, -0.05) is 267 Å². The minimum absolute atomic E-state index is 1.03. The predicted molar refractivity (Wildman–Crippen MR) is 555 cm³/mol. The molecule has 0 atom stereocenters. The summed E-state index contributed by atoms with van der Waals surface area (Å²) in [4.78, 5) is 27.7. The Bertz CT molecular complexity index is 9890. The van der Waals surface area contributed by atoms with Crippen molar-refractivity contribution in [1.29, 1.82) is 0 Å². The van der Waals surface area contributed by atoms with Crippen molar-refractivity contribution in [3.8, 4) is 50.4 Å². The summed E-state index contributed by atoms with van der Waals surface area (Å²) in [7, 11) is 0. The van der Waals surface area contributed by atoms with E-state index in [0.29, 0.717) is 0 Å². The van der Waals surface area contributed by atoms with Gasteiger partial charge in [0.25, 0.3) is 0 Å². The van der Waals surface area contributed by atoms with E-state index < -0.39 is 0 Å². The average Bonchev–Trinajstić information content (AvgIpc) is 1.53. The normalized spacial score (nSPS) is 12.2. The average molecular weight is 1750 g/mol. The Hall–Kier alpha value is -15.3. The van der Waals surface area contributed by atoms with Crippen LogP contribution in [0.2, 0.25) is 0 Å². The lowest BCUT2D eigenvalue weighted by Gasteiger charge is -2.14. The van der Waals surface area contributed by atoms with Gasteiger partial charge in [0.1, 0.15) is 19.0 Å². The number of hydrogen-bond donors (Lipinski definition) is 0. The second kappa shape index (κ2) is 28.6. The number of fused-ring (bicyclic) bond motifs is 42. The molecule has 0 saturated carbocycles. The maximum Gasteiger partial charge on any atom is 0.116 e. The molecule has 0 spiro atoms. The molecule has 18 aromatic carbocycles. The summed E-state index contributed by atoms with van der Waals surface area (Å²) in [5.41, 5.74) is 21.2. The zero-order valence-corrected chi connectivity index (χ0v) is 73.2. The van der Waals surface area contributed by atoms with Crippen molar-refractivity contribution in [3.63, 3.8) is 0 Å². The van der Waals surface area contributed by atoms with Gasteiger partial charge >= 0.3 is 0 Å². The summed E-state index contributed by atoms with van der Waals surface area (Å²) in [6.45, 7) is 0. The molecule has 0 bridgehead atoms. The Kier molecular flexibility index (Phi) is 16.2. The maximum atomic E-state index is 4.86. The van der Waals surface area contributed by atoms with Gasteiger partial charge in [-0.05, 0) is 145 Å². The topological polar surface area (TPSA) is 92.1 Å². The van der Waals surface area contributed by atoms with Crippen molar-refractivity contribution >= 4 is 287 Å². The second-order valence-electron chi connectivity index (χ2n) is 33.0. The minimum Gasteiger partial charge on any atom is -0.308 e. The van der Waals surface area contributed by atoms with E-state index >= 15 is 0 Å². The second-order valence-corrected chi connectivity index (χ2v) is 39.3. The Labute approximate surface area is 758 Å². The van der Waals surface area contributed by atoms with Crippen LogP contribution in [0.15, 0.2) is 383 Å². The van der Waals surface area contributed by atoms with Crippen LogP contribution in [0.3, 0.4) is 0 Å². The first-order valence-corrected chi connectivity index (χ1v) is 47.9. The Balaban J connectivity index is 0.0000000979. The maximum absolute atomic E-state index is 4.86. The monoisotopic (exact) mass is 1750 g/mol. The highest BCUT2D eigenvalue weighted by molar-refractivity contribution is 7.32. The fraction of sp³-hybridized carbons (Fsp3) is 0. The first-order chi connectivity index (χ1) is 64.0. The molecule has 0 N–H and O–H groups in total. The summed E-state index contributed by atoms with van der Waals surface area (Å²) in [5, 5.41) is 27.0. The molecule has 600 valence electrons. The van der Waals surface area contributed by atoms with E-state index in [1.54, 1.807) is 41.7 Å². The molecule has 0 aliphatic heterocycles. The third-order valence-corrected chi connectivity index (χ3v) is 33.1. The quantitative estimate of drug-likeness (QED) is 0.154.